The Bertz CT molecular complexity index is 11.6. The normalized spacial score (nSPS) is 0. The fraction of sp³-hybridized carbons (Fsp3) is 0. The SMILES string of the molecule is F.O.[Ba].[Cu].[Gd]. The third kappa shape index (κ3) is 18.8. The van der Waals surface area contributed by atoms with E-state index in [0.29, 0.717) is 0 Å². The first-order chi connectivity index (χ1) is 0. The molecule has 0 spiro atoms. The topological polar surface area (TPSA) is 31.5 Å². The molecule has 0 saturated carbocycles. The zero-order valence-electron chi connectivity index (χ0n) is 2.27. The molecule has 0 heterocycles. The molecule has 0 atom stereocenters. The Labute approximate surface area is 113 Å². The van der Waals surface area contributed by atoms with Crippen molar-refractivity contribution in [3.05, 3.63) is 0 Å². The summed E-state index contributed by atoms with van der Waals surface area (Å²) < 4.78 is 0. The fourth-order valence-corrected chi connectivity index (χ4v) is 0. The Morgan fingerprint density at radius 3 is 1.00 bits per heavy atom. The van der Waals surface area contributed by atoms with Gasteiger partial charge in [-0.2, -0.15) is 0 Å². The molecule has 0 aliphatic rings. The van der Waals surface area contributed by atoms with Crippen LogP contribution in [0.1, 0.15) is 0 Å². The molecular formula is H3BaCuFGdO. The Morgan fingerprint density at radius 2 is 1.00 bits per heavy atom. The van der Waals surface area contributed by atoms with Crippen LogP contribution in [0.3, 0.4) is 0 Å². The van der Waals surface area contributed by atoms with E-state index in [1.165, 1.54) is 0 Å². The first-order valence-corrected chi connectivity index (χ1v) is 0. The summed E-state index contributed by atoms with van der Waals surface area (Å²) in [5, 5.41) is 0. The second-order valence-electron chi connectivity index (χ2n) is 0. The van der Waals surface area contributed by atoms with E-state index in [-0.39, 0.29) is 116 Å². The van der Waals surface area contributed by atoms with Crippen molar-refractivity contribution < 1.29 is 67.2 Å². The number of hydrogen-bond donors (Lipinski definition) is 0. The summed E-state index contributed by atoms with van der Waals surface area (Å²) in [6.07, 6.45) is 0. The standard InChI is InChI=1S/Ba.Cu.FH.Gd.H2O/h;;1H;;1H2. The Kier molecular flexibility index (Phi) is 216. The van der Waals surface area contributed by atoms with Crippen LogP contribution in [0.5, 0.6) is 0 Å². The van der Waals surface area contributed by atoms with E-state index in [1.807, 2.05) is 0 Å². The molecule has 5 heteroatoms. The van der Waals surface area contributed by atoms with E-state index >= 15 is 0 Å². The molecule has 0 aromatic carbocycles. The minimum atomic E-state index is 0. The first-order valence-electron chi connectivity index (χ1n) is 0. The summed E-state index contributed by atoms with van der Waals surface area (Å²) in [6, 6.07) is 0. The van der Waals surface area contributed by atoms with Crippen LogP contribution in [0.25, 0.3) is 0 Å². The van der Waals surface area contributed by atoms with Gasteiger partial charge in [0.25, 0.3) is 0 Å². The van der Waals surface area contributed by atoms with Crippen LogP contribution in [0, 0.1) is 39.9 Å². The van der Waals surface area contributed by atoms with Crippen LogP contribution in [0.4, 0.5) is 4.70 Å². The van der Waals surface area contributed by atoms with E-state index in [1.54, 1.807) is 0 Å². The molecule has 0 bridgehead atoms. The van der Waals surface area contributed by atoms with Crippen molar-refractivity contribution in [2.24, 2.45) is 0 Å². The van der Waals surface area contributed by atoms with E-state index in [0.717, 1.165) is 0 Å². The summed E-state index contributed by atoms with van der Waals surface area (Å²) >= 11 is 0. The van der Waals surface area contributed by atoms with Crippen LogP contribution >= 0.6 is 0 Å². The van der Waals surface area contributed by atoms with Crippen molar-refractivity contribution >= 4 is 48.9 Å². The molecule has 0 saturated heterocycles. The predicted molar refractivity (Wildman–Crippen MR) is 11.9 cm³/mol. The van der Waals surface area contributed by atoms with Crippen LogP contribution in [-0.4, -0.2) is 54.4 Å². The zero-order valence-corrected chi connectivity index (χ0v) is 9.92. The third-order valence-electron chi connectivity index (χ3n) is 0. The molecule has 0 aromatic heterocycles. The molecule has 1 nitrogen and oxygen atoms in total. The Hall–Kier alpha value is 3.31. The van der Waals surface area contributed by atoms with Gasteiger partial charge < -0.3 is 5.48 Å². The molecule has 0 unspecified atom stereocenters. The van der Waals surface area contributed by atoms with Crippen molar-refractivity contribution in [2.45, 2.75) is 0 Å². The zero-order chi connectivity index (χ0) is 0. The van der Waals surface area contributed by atoms with Gasteiger partial charge in [-0.1, -0.05) is 0 Å². The van der Waals surface area contributed by atoms with Crippen molar-refractivity contribution in [3.8, 4) is 0 Å². The van der Waals surface area contributed by atoms with Crippen molar-refractivity contribution in [2.75, 3.05) is 0 Å². The van der Waals surface area contributed by atoms with Crippen LogP contribution in [0.15, 0.2) is 0 Å². The van der Waals surface area contributed by atoms with Gasteiger partial charge in [0.1, 0.15) is 0 Å². The molecule has 0 fully saturated rings. The maximum absolute atomic E-state index is 0. The number of rotatable bonds is 0. The Morgan fingerprint density at radius 1 is 1.00 bits per heavy atom. The van der Waals surface area contributed by atoms with Crippen molar-refractivity contribution in [3.63, 3.8) is 0 Å². The van der Waals surface area contributed by atoms with E-state index in [4.69, 9.17) is 0 Å². The number of hydrogen-bond acceptors (Lipinski definition) is 0. The summed E-state index contributed by atoms with van der Waals surface area (Å²) in [4.78, 5) is 0. The van der Waals surface area contributed by atoms with Gasteiger partial charge in [-0.15, -0.1) is 0 Å². The van der Waals surface area contributed by atoms with Crippen LogP contribution in [0.2, 0.25) is 0 Å². The molecule has 0 aromatic rings. The van der Waals surface area contributed by atoms with Gasteiger partial charge in [0.2, 0.25) is 0 Å². The molecule has 37 valence electrons. The Balaban J connectivity index is 0. The van der Waals surface area contributed by atoms with E-state index in [2.05, 4.69) is 0 Å². The summed E-state index contributed by atoms with van der Waals surface area (Å²) in [6.45, 7) is 0. The van der Waals surface area contributed by atoms with Gasteiger partial charge in [0.05, 0.1) is 0 Å². The van der Waals surface area contributed by atoms with Crippen molar-refractivity contribution in [1.29, 1.82) is 0 Å². The maximum atomic E-state index is 0. The molecule has 0 aliphatic carbocycles. The number of halogens is 1. The molecule has 3 radical (unpaired) electrons. The quantitative estimate of drug-likeness (QED) is 0.468. The molecule has 2 N–H and O–H groups in total. The predicted octanol–water partition coefficient (Wildman–Crippen LogP) is -1.06. The molecular weight excluding hydrogens is 393 g/mol. The second kappa shape index (κ2) is 26.6. The second-order valence-corrected chi connectivity index (χ2v) is 0. The largest absolute Gasteiger partial charge is 0.412 e. The molecule has 5 heavy (non-hydrogen) atoms. The first kappa shape index (κ1) is 40.6. The van der Waals surface area contributed by atoms with Crippen LogP contribution < -0.4 is 0 Å². The van der Waals surface area contributed by atoms with Crippen molar-refractivity contribution in [1.82, 2.24) is 0 Å². The minimum absolute atomic E-state index is 0. The summed E-state index contributed by atoms with van der Waals surface area (Å²) in [5.74, 6) is 0. The van der Waals surface area contributed by atoms with Gasteiger partial charge in [-0.3, -0.25) is 4.70 Å². The molecule has 0 rings (SSSR count). The molecule has 0 amide bonds. The average Bonchev–Trinajstić information content (AvgIpc) is 0. The van der Waals surface area contributed by atoms with E-state index < -0.39 is 0 Å². The fourth-order valence-electron chi connectivity index (χ4n) is 0. The molecule has 0 aliphatic heterocycles. The summed E-state index contributed by atoms with van der Waals surface area (Å²) in [5.41, 5.74) is 0. The monoisotopic (exact) mass is 397 g/mol. The maximum Gasteiger partial charge on any atom is 0 e. The van der Waals surface area contributed by atoms with Crippen LogP contribution in [-0.2, 0) is 17.1 Å². The van der Waals surface area contributed by atoms with E-state index in [9.17, 15) is 0 Å². The van der Waals surface area contributed by atoms with Gasteiger partial charge in [0, 0.05) is 106 Å². The average molecular weight is 396 g/mol. The third-order valence-corrected chi connectivity index (χ3v) is 0. The smallest absolute Gasteiger partial charge is 0 e. The summed E-state index contributed by atoms with van der Waals surface area (Å²) in [7, 11) is 0. The van der Waals surface area contributed by atoms with Gasteiger partial charge in [-0.25, -0.2) is 0 Å². The van der Waals surface area contributed by atoms with Gasteiger partial charge in [0.15, 0.2) is 0 Å². The minimum Gasteiger partial charge on any atom is -0.412 e. The van der Waals surface area contributed by atoms with Gasteiger partial charge in [-0.05, 0) is 0 Å². The van der Waals surface area contributed by atoms with Gasteiger partial charge >= 0.3 is 0 Å².